The van der Waals surface area contributed by atoms with E-state index in [0.717, 1.165) is 70.1 Å². The van der Waals surface area contributed by atoms with Crippen molar-refractivity contribution in [3.05, 3.63) is 102 Å². The second kappa shape index (κ2) is 16.6. The lowest BCUT2D eigenvalue weighted by Crippen LogP contribution is -2.51. The van der Waals surface area contributed by atoms with Crippen LogP contribution in [0, 0.1) is 5.92 Å². The zero-order chi connectivity index (χ0) is 41.2. The van der Waals surface area contributed by atoms with Gasteiger partial charge in [-0.15, -0.1) is 0 Å². The highest BCUT2D eigenvalue weighted by molar-refractivity contribution is 5.89. The van der Waals surface area contributed by atoms with Crippen LogP contribution in [0.15, 0.2) is 85.1 Å². The number of likely N-dealkylation sites (tertiary alicyclic amines) is 2. The summed E-state index contributed by atoms with van der Waals surface area (Å²) in [7, 11) is 2.56. The molecular formula is C44H47N9O6. The molecule has 6 aromatic rings. The molecule has 4 amide bonds. The lowest BCUT2D eigenvalue weighted by atomic mass is 10.0. The molecule has 2 aliphatic heterocycles. The zero-order valence-corrected chi connectivity index (χ0v) is 33.4. The number of pyridine rings is 1. The number of carbonyl (C=O) groups is 4. The van der Waals surface area contributed by atoms with Gasteiger partial charge in [0.05, 0.1) is 60.4 Å². The van der Waals surface area contributed by atoms with Gasteiger partial charge in [-0.2, -0.15) is 0 Å². The van der Waals surface area contributed by atoms with Gasteiger partial charge >= 0.3 is 12.2 Å². The summed E-state index contributed by atoms with van der Waals surface area (Å²) < 4.78 is 9.60. The Morgan fingerprint density at radius 1 is 0.729 bits per heavy atom. The number of fused-ring (bicyclic) bond motifs is 2. The molecule has 304 valence electrons. The van der Waals surface area contributed by atoms with Crippen LogP contribution < -0.4 is 10.6 Å². The monoisotopic (exact) mass is 797 g/mol. The molecule has 4 N–H and O–H groups in total. The van der Waals surface area contributed by atoms with Crippen molar-refractivity contribution < 1.29 is 28.7 Å². The number of rotatable bonds is 10. The number of ether oxygens (including phenoxy) is 2. The molecule has 4 atom stereocenters. The van der Waals surface area contributed by atoms with Crippen LogP contribution in [0.5, 0.6) is 0 Å². The van der Waals surface area contributed by atoms with Gasteiger partial charge in [0.2, 0.25) is 5.91 Å². The number of carbonyl (C=O) groups excluding carboxylic acids is 4. The van der Waals surface area contributed by atoms with E-state index < -0.39 is 24.3 Å². The number of imidazole rings is 2. The Hall–Kier alpha value is -6.77. The van der Waals surface area contributed by atoms with Crippen molar-refractivity contribution in [2.75, 3.05) is 27.3 Å². The van der Waals surface area contributed by atoms with Gasteiger partial charge in [-0.05, 0) is 67.5 Å². The SMILES string of the molecule is COC(=O)N[C@H](C(=O)N1CCC[C@H]1c1ncc(-c2ccc3nc(-c4ccc5nc([C@@H]6CCCN6C(=O)[C@H](NC(=O)OC)c6ccccc6)[nH]c5c4)ccc3c2)[nH]1)C(C)C. The molecule has 0 saturated carbocycles. The maximum Gasteiger partial charge on any atom is 0.407 e. The highest BCUT2D eigenvalue weighted by Crippen LogP contribution is 2.36. The Labute approximate surface area is 340 Å². The average molecular weight is 798 g/mol. The largest absolute Gasteiger partial charge is 0.453 e. The number of amides is 4. The molecular weight excluding hydrogens is 751 g/mol. The normalized spacial score (nSPS) is 17.6. The molecule has 8 rings (SSSR count). The Morgan fingerprint density at radius 2 is 1.41 bits per heavy atom. The number of hydrogen-bond donors (Lipinski definition) is 4. The maximum absolute atomic E-state index is 14.0. The first-order chi connectivity index (χ1) is 28.6. The van der Waals surface area contributed by atoms with Crippen LogP contribution in [0.4, 0.5) is 9.59 Å². The summed E-state index contributed by atoms with van der Waals surface area (Å²) >= 11 is 0. The molecule has 2 fully saturated rings. The molecule has 0 radical (unpaired) electrons. The smallest absolute Gasteiger partial charge is 0.407 e. The minimum atomic E-state index is -0.894. The second-order valence-corrected chi connectivity index (χ2v) is 15.4. The lowest BCUT2D eigenvalue weighted by Gasteiger charge is -2.30. The van der Waals surface area contributed by atoms with E-state index in [4.69, 9.17) is 24.4 Å². The van der Waals surface area contributed by atoms with Crippen LogP contribution in [0.3, 0.4) is 0 Å². The van der Waals surface area contributed by atoms with Crippen LogP contribution in [0.1, 0.15) is 74.9 Å². The van der Waals surface area contributed by atoms with Gasteiger partial charge < -0.3 is 39.9 Å². The topological polar surface area (TPSA) is 188 Å². The van der Waals surface area contributed by atoms with Gasteiger partial charge in [0.1, 0.15) is 23.7 Å². The number of nitrogens with zero attached hydrogens (tertiary/aromatic N) is 5. The van der Waals surface area contributed by atoms with E-state index in [1.165, 1.54) is 14.2 Å². The highest BCUT2D eigenvalue weighted by Gasteiger charge is 2.39. The first-order valence-corrected chi connectivity index (χ1v) is 19.9. The Bertz CT molecular complexity index is 2520. The van der Waals surface area contributed by atoms with Crippen molar-refractivity contribution in [1.29, 1.82) is 0 Å². The number of benzene rings is 3. The third kappa shape index (κ3) is 7.92. The Morgan fingerprint density at radius 3 is 2.14 bits per heavy atom. The first-order valence-electron chi connectivity index (χ1n) is 19.9. The Balaban J connectivity index is 0.987. The molecule has 5 heterocycles. The minimum absolute atomic E-state index is 0.117. The third-order valence-corrected chi connectivity index (χ3v) is 11.3. The summed E-state index contributed by atoms with van der Waals surface area (Å²) in [6.07, 6.45) is 3.63. The number of aromatic nitrogens is 5. The predicted octanol–water partition coefficient (Wildman–Crippen LogP) is 6.97. The van der Waals surface area contributed by atoms with E-state index in [0.29, 0.717) is 30.3 Å². The van der Waals surface area contributed by atoms with Crippen LogP contribution in [-0.4, -0.2) is 92.1 Å². The third-order valence-electron chi connectivity index (χ3n) is 11.3. The van der Waals surface area contributed by atoms with Crippen molar-refractivity contribution in [2.45, 2.75) is 63.7 Å². The molecule has 0 bridgehead atoms. The molecule has 2 aliphatic rings. The lowest BCUT2D eigenvalue weighted by molar-refractivity contribution is -0.135. The van der Waals surface area contributed by atoms with Gasteiger partial charge in [0.15, 0.2) is 0 Å². The summed E-state index contributed by atoms with van der Waals surface area (Å²) in [6.45, 7) is 4.91. The summed E-state index contributed by atoms with van der Waals surface area (Å²) in [5, 5.41) is 6.37. The minimum Gasteiger partial charge on any atom is -0.453 e. The molecule has 0 spiro atoms. The van der Waals surface area contributed by atoms with Gasteiger partial charge in [-0.1, -0.05) is 62.4 Å². The number of hydrogen-bond acceptors (Lipinski definition) is 9. The van der Waals surface area contributed by atoms with Crippen molar-refractivity contribution in [3.8, 4) is 22.5 Å². The standard InChI is InChI=1S/C44H47N9O6/c1-25(2)37(50-43(56)58-3)41(54)52-20-8-12-35(52)39-45-24-34(49-39)28-15-18-30-27(22-28)14-17-31(46-30)29-16-19-32-33(23-29)48-40(47-32)36-13-9-21-53(36)42(55)38(51-44(57)59-4)26-10-6-5-7-11-26/h5-7,10-11,14-19,22-25,35-38H,8-9,12-13,20-21H2,1-4H3,(H,45,49)(H,47,48)(H,50,56)(H,51,57)/t35-,36-,37-,38+/m0/s1. The van der Waals surface area contributed by atoms with Gasteiger partial charge in [-0.3, -0.25) is 9.59 Å². The number of aromatic amines is 2. The summed E-state index contributed by atoms with van der Waals surface area (Å²) in [4.78, 5) is 76.9. The van der Waals surface area contributed by atoms with E-state index in [-0.39, 0.29) is 29.8 Å². The molecule has 3 aromatic carbocycles. The highest BCUT2D eigenvalue weighted by atomic mass is 16.5. The maximum atomic E-state index is 14.0. The predicted molar refractivity (Wildman–Crippen MR) is 221 cm³/mol. The van der Waals surface area contributed by atoms with Gasteiger partial charge in [-0.25, -0.2) is 24.5 Å². The fourth-order valence-electron chi connectivity index (χ4n) is 8.24. The van der Waals surface area contributed by atoms with Gasteiger partial charge in [0, 0.05) is 29.6 Å². The van der Waals surface area contributed by atoms with Crippen LogP contribution >= 0.6 is 0 Å². The zero-order valence-electron chi connectivity index (χ0n) is 33.4. The first kappa shape index (κ1) is 39.1. The molecule has 0 unspecified atom stereocenters. The van der Waals surface area contributed by atoms with E-state index in [1.54, 1.807) is 16.0 Å². The van der Waals surface area contributed by atoms with Crippen molar-refractivity contribution in [3.63, 3.8) is 0 Å². The molecule has 3 aromatic heterocycles. The average Bonchev–Trinajstić information content (AvgIpc) is 4.10. The van der Waals surface area contributed by atoms with Crippen molar-refractivity contribution in [2.24, 2.45) is 5.92 Å². The molecule has 15 nitrogen and oxygen atoms in total. The van der Waals surface area contributed by atoms with Crippen LogP contribution in [0.2, 0.25) is 0 Å². The quantitative estimate of drug-likeness (QED) is 0.114. The molecule has 0 aliphatic carbocycles. The molecule has 2 saturated heterocycles. The van der Waals surface area contributed by atoms with E-state index >= 15 is 0 Å². The molecule has 59 heavy (non-hydrogen) atoms. The fourth-order valence-corrected chi connectivity index (χ4v) is 8.24. The number of H-pyrrole nitrogens is 2. The van der Waals surface area contributed by atoms with E-state index in [9.17, 15) is 19.2 Å². The van der Waals surface area contributed by atoms with Crippen molar-refractivity contribution in [1.82, 2.24) is 45.4 Å². The van der Waals surface area contributed by atoms with Crippen LogP contribution in [0.25, 0.3) is 44.5 Å². The number of alkyl carbamates (subject to hydrolysis) is 2. The summed E-state index contributed by atoms with van der Waals surface area (Å²) in [6, 6.07) is 23.1. The Kier molecular flexibility index (Phi) is 11.0. The van der Waals surface area contributed by atoms with Crippen molar-refractivity contribution >= 4 is 45.9 Å². The summed E-state index contributed by atoms with van der Waals surface area (Å²) in [5.74, 6) is 0.906. The fraction of sp³-hybridized carbons (Fsp3) is 0.341. The van der Waals surface area contributed by atoms with E-state index in [2.05, 4.69) is 26.7 Å². The number of methoxy groups -OCH3 is 2. The summed E-state index contributed by atoms with van der Waals surface area (Å²) in [5.41, 5.74) is 6.60. The second-order valence-electron chi connectivity index (χ2n) is 15.4. The van der Waals surface area contributed by atoms with Crippen LogP contribution in [-0.2, 0) is 19.1 Å². The van der Waals surface area contributed by atoms with Gasteiger partial charge in [0.25, 0.3) is 5.91 Å². The molecule has 15 heteroatoms. The number of nitrogens with one attached hydrogen (secondary N) is 4. The van der Waals surface area contributed by atoms with E-state index in [1.807, 2.05) is 86.6 Å².